The van der Waals surface area contributed by atoms with Crippen LogP contribution in [-0.4, -0.2) is 104 Å². The first-order valence-electron chi connectivity index (χ1n) is 11.7. The molecule has 6 rings (SSSR count). The number of carboxylic acids is 1. The van der Waals surface area contributed by atoms with Gasteiger partial charge in [-0.1, -0.05) is 5.16 Å². The zero-order valence-corrected chi connectivity index (χ0v) is 21.6. The normalized spacial score (nSPS) is 31.0. The molecule has 0 spiro atoms. The lowest BCUT2D eigenvalue weighted by atomic mass is 9.70. The van der Waals surface area contributed by atoms with Crippen molar-refractivity contribution in [2.75, 3.05) is 44.8 Å². The second-order valence-corrected chi connectivity index (χ2v) is 11.7. The molecule has 5 aliphatic rings. The fourth-order valence-electron chi connectivity index (χ4n) is 5.70. The molecule has 4 saturated heterocycles. The Labute approximate surface area is 219 Å². The Hall–Kier alpha value is -3.24. The van der Waals surface area contributed by atoms with Crippen LogP contribution < -0.4 is 16.8 Å². The van der Waals surface area contributed by atoms with Crippen LogP contribution in [0.4, 0.5) is 5.13 Å². The number of rotatable bonds is 8. The molecule has 0 saturated carbocycles. The molecule has 4 fully saturated rings. The summed E-state index contributed by atoms with van der Waals surface area (Å²) < 4.78 is 4.65. The van der Waals surface area contributed by atoms with Crippen LogP contribution >= 0.6 is 23.3 Å². The lowest BCUT2D eigenvalue weighted by molar-refractivity contribution is -0.940. The Morgan fingerprint density at radius 1 is 1.30 bits per heavy atom. The number of aliphatic carboxylic acids is 1. The molecule has 0 aromatic carbocycles. The number of piperidine rings is 3. The van der Waals surface area contributed by atoms with E-state index in [1.807, 2.05) is 0 Å². The molecule has 0 radical (unpaired) electrons. The Morgan fingerprint density at radius 2 is 1.97 bits per heavy atom. The van der Waals surface area contributed by atoms with Crippen molar-refractivity contribution >= 4 is 57.8 Å². The van der Waals surface area contributed by atoms with E-state index >= 15 is 0 Å². The van der Waals surface area contributed by atoms with Crippen LogP contribution in [0.3, 0.4) is 0 Å². The minimum Gasteiger partial charge on any atom is -0.477 e. The molecule has 1 aromatic heterocycles. The number of primary amides is 1. The highest BCUT2D eigenvalue weighted by molar-refractivity contribution is 8.00. The fraction of sp³-hybridized carbons (Fsp3) is 0.571. The van der Waals surface area contributed by atoms with E-state index in [1.165, 1.54) is 23.8 Å². The number of nitrogens with two attached hydrogens (primary N) is 2. The largest absolute Gasteiger partial charge is 0.477 e. The van der Waals surface area contributed by atoms with Gasteiger partial charge in [-0.25, -0.2) is 4.79 Å². The monoisotopic (exact) mass is 551 g/mol. The van der Waals surface area contributed by atoms with Gasteiger partial charge in [0.25, 0.3) is 11.8 Å². The molecule has 0 unspecified atom stereocenters. The molecule has 6 N–H and O–H groups in total. The summed E-state index contributed by atoms with van der Waals surface area (Å²) >= 11 is 2.28. The second-order valence-electron chi connectivity index (χ2n) is 9.76. The van der Waals surface area contributed by atoms with E-state index in [1.54, 1.807) is 0 Å². The first-order valence-corrected chi connectivity index (χ1v) is 13.5. The van der Waals surface area contributed by atoms with Crippen LogP contribution in [0.15, 0.2) is 16.4 Å². The van der Waals surface area contributed by atoms with E-state index in [0.717, 1.165) is 31.2 Å². The predicted molar refractivity (Wildman–Crippen MR) is 133 cm³/mol. The van der Waals surface area contributed by atoms with Gasteiger partial charge >= 0.3 is 5.97 Å². The van der Waals surface area contributed by atoms with Gasteiger partial charge in [0.05, 0.1) is 25.0 Å². The molecule has 198 valence electrons. The Kier molecular flexibility index (Phi) is 6.35. The number of nitrogens with zero attached hydrogens (tertiary/aromatic N) is 5. The maximum absolute atomic E-state index is 13.1. The first kappa shape index (κ1) is 25.4. The number of aromatic nitrogens is 2. The van der Waals surface area contributed by atoms with E-state index < -0.39 is 34.6 Å². The molecule has 14 nitrogen and oxygen atoms in total. The average Bonchev–Trinajstić information content (AvgIpc) is 3.31. The van der Waals surface area contributed by atoms with Gasteiger partial charge in [-0.3, -0.25) is 19.3 Å². The van der Waals surface area contributed by atoms with Crippen molar-refractivity contribution in [1.82, 2.24) is 19.6 Å². The summed E-state index contributed by atoms with van der Waals surface area (Å²) in [7, 11) is 1.26. The van der Waals surface area contributed by atoms with Crippen LogP contribution in [0, 0.1) is 5.41 Å². The third kappa shape index (κ3) is 4.21. The minimum atomic E-state index is -1.18. The zero-order chi connectivity index (χ0) is 26.5. The first-order chi connectivity index (χ1) is 17.6. The number of fused-ring (bicyclic) bond motifs is 4. The van der Waals surface area contributed by atoms with Crippen molar-refractivity contribution in [3.05, 3.63) is 17.1 Å². The molecule has 5 aliphatic heterocycles. The van der Waals surface area contributed by atoms with Gasteiger partial charge in [-0.2, -0.15) is 9.36 Å². The lowest BCUT2D eigenvalue weighted by Gasteiger charge is -2.55. The highest BCUT2D eigenvalue weighted by Gasteiger charge is 2.57. The number of hydrogen-bond donors (Lipinski definition) is 4. The Balaban J connectivity index is 1.32. The number of anilines is 1. The summed E-state index contributed by atoms with van der Waals surface area (Å²) in [6.07, 6.45) is 2.07. The van der Waals surface area contributed by atoms with E-state index in [4.69, 9.17) is 16.3 Å². The van der Waals surface area contributed by atoms with E-state index in [2.05, 4.69) is 19.8 Å². The number of nitrogens with one attached hydrogen (secondary N) is 1. The molecule has 1 aromatic rings. The molecule has 2 atom stereocenters. The fourth-order valence-corrected chi connectivity index (χ4v) is 7.47. The van der Waals surface area contributed by atoms with Crippen molar-refractivity contribution in [1.29, 1.82) is 0 Å². The van der Waals surface area contributed by atoms with Gasteiger partial charge < -0.3 is 31.2 Å². The van der Waals surface area contributed by atoms with Crippen molar-refractivity contribution in [2.24, 2.45) is 16.3 Å². The van der Waals surface area contributed by atoms with Gasteiger partial charge in [0.2, 0.25) is 17.4 Å². The Morgan fingerprint density at radius 3 is 2.51 bits per heavy atom. The highest BCUT2D eigenvalue weighted by atomic mass is 32.2. The van der Waals surface area contributed by atoms with Crippen molar-refractivity contribution in [3.8, 4) is 0 Å². The van der Waals surface area contributed by atoms with E-state index in [0.29, 0.717) is 41.6 Å². The summed E-state index contributed by atoms with van der Waals surface area (Å²) in [5.41, 5.74) is 11.2. The predicted octanol–water partition coefficient (Wildman–Crippen LogP) is -1.30. The standard InChI is InChI=1S/C21H26N8O6S2/c1-35-26-11(14-25-20(23)37-27-14)15(30)24-12-16(31)28-13(18(32)33)10(9-36-17(12)28)8-29-5-2-21(3-6-29,4-7-29)19(22)34/h12,17H,2-9H2,1H3,(H5-,22,23,24,25,27,30,32,33,34)/p+1/b26-11-/t12-,17-,21?,29?/m1/s1. The van der Waals surface area contributed by atoms with Crippen molar-refractivity contribution in [3.63, 3.8) is 0 Å². The minimum absolute atomic E-state index is 0.0243. The summed E-state index contributed by atoms with van der Waals surface area (Å²) in [6, 6.07) is -0.945. The van der Waals surface area contributed by atoms with Crippen molar-refractivity contribution in [2.45, 2.75) is 30.7 Å². The van der Waals surface area contributed by atoms with Crippen LogP contribution in [0.25, 0.3) is 0 Å². The topological polar surface area (TPSA) is 203 Å². The molecule has 2 bridgehead atoms. The smallest absolute Gasteiger partial charge is 0.352 e. The summed E-state index contributed by atoms with van der Waals surface area (Å²) in [6.45, 7) is 2.74. The van der Waals surface area contributed by atoms with Gasteiger partial charge in [-0.05, 0) is 0 Å². The molecule has 37 heavy (non-hydrogen) atoms. The zero-order valence-electron chi connectivity index (χ0n) is 20.0. The molecule has 3 amide bonds. The van der Waals surface area contributed by atoms with Crippen LogP contribution in [0.5, 0.6) is 0 Å². The van der Waals surface area contributed by atoms with E-state index in [9.17, 15) is 24.3 Å². The number of nitrogen functional groups attached to an aromatic ring is 1. The van der Waals surface area contributed by atoms with Gasteiger partial charge in [0.15, 0.2) is 5.13 Å². The quantitative estimate of drug-likeness (QED) is 0.130. The van der Waals surface area contributed by atoms with Crippen LogP contribution in [0.1, 0.15) is 25.1 Å². The second kappa shape index (κ2) is 9.25. The maximum Gasteiger partial charge on any atom is 0.352 e. The Bertz CT molecular complexity index is 1220. The number of hydrogen-bond acceptors (Lipinski definition) is 11. The number of amides is 3. The summed E-state index contributed by atoms with van der Waals surface area (Å²) in [5.74, 6) is -2.31. The number of thioether (sulfide) groups is 1. The molecule has 16 heteroatoms. The molecular formula is C21H27N8O6S2+. The molecular weight excluding hydrogens is 524 g/mol. The number of quaternary nitrogens is 1. The lowest BCUT2D eigenvalue weighted by Crippen LogP contribution is -2.71. The van der Waals surface area contributed by atoms with Crippen molar-refractivity contribution < 1.29 is 33.6 Å². The number of carbonyl (C=O) groups excluding carboxylic acids is 3. The number of oxime groups is 1. The maximum atomic E-state index is 13.1. The average molecular weight is 552 g/mol. The van der Waals surface area contributed by atoms with Crippen LogP contribution in [0.2, 0.25) is 0 Å². The van der Waals surface area contributed by atoms with Crippen LogP contribution in [-0.2, 0) is 24.0 Å². The molecule has 0 aliphatic carbocycles. The highest BCUT2D eigenvalue weighted by Crippen LogP contribution is 2.46. The van der Waals surface area contributed by atoms with E-state index in [-0.39, 0.29) is 28.3 Å². The molecule has 6 heterocycles. The number of carbonyl (C=O) groups is 4. The number of carboxylic acid groups (broad SMARTS) is 1. The number of β-lactam (4-membered cyclic amide) rings is 1. The SMILES string of the molecule is CO/N=C(\C(=O)N[C@@H]1C(=O)N2C(C(=O)O)=C(C[N+]34CCC(C(N)=O)(CC3)CC4)CS[C@H]12)c1nsc(N)n1. The van der Waals surface area contributed by atoms with Gasteiger partial charge in [0, 0.05) is 42.1 Å². The summed E-state index contributed by atoms with van der Waals surface area (Å²) in [5, 5.41) is 15.9. The summed E-state index contributed by atoms with van der Waals surface area (Å²) in [4.78, 5) is 60.2. The van der Waals surface area contributed by atoms with Gasteiger partial charge in [-0.15, -0.1) is 11.8 Å². The van der Waals surface area contributed by atoms with Gasteiger partial charge in [0.1, 0.15) is 30.8 Å². The third-order valence-corrected chi connectivity index (χ3v) is 9.71. The third-order valence-electron chi connectivity index (χ3n) is 7.83.